The molecule has 0 fully saturated rings. The van der Waals surface area contributed by atoms with E-state index in [0.717, 1.165) is 0 Å². The van der Waals surface area contributed by atoms with Crippen LogP contribution in [0.2, 0.25) is 0 Å². The summed E-state index contributed by atoms with van der Waals surface area (Å²) in [6, 6.07) is 0. The largest absolute Gasteiger partial charge is 0.450 e. The van der Waals surface area contributed by atoms with Crippen LogP contribution in [-0.4, -0.2) is 16.7 Å². The number of hydrogen-bond donors (Lipinski definition) is 0. The van der Waals surface area contributed by atoms with Crippen LogP contribution in [0.25, 0.3) is 0 Å². The van der Waals surface area contributed by atoms with E-state index in [-0.39, 0.29) is 0 Å². The fourth-order valence-electron chi connectivity index (χ4n) is 0. The Bertz CT molecular complexity index is 26.9. The van der Waals surface area contributed by atoms with Crippen LogP contribution in [0.15, 0.2) is 0 Å². The molecule has 0 unspecified atom stereocenters. The van der Waals surface area contributed by atoms with Gasteiger partial charge in [0.05, 0.1) is 0 Å². The monoisotopic (exact) mass is 214 g/mol. The maximum Gasteiger partial charge on any atom is 0.450 e. The molecule has 0 spiro atoms. The van der Waals surface area contributed by atoms with E-state index in [2.05, 4.69) is 0 Å². The van der Waals surface area contributed by atoms with Gasteiger partial charge in [-0.25, -0.2) is 0 Å². The lowest BCUT2D eigenvalue weighted by molar-refractivity contribution is 1.52. The Hall–Kier alpha value is 1.51. The van der Waals surface area contributed by atoms with Gasteiger partial charge in [0, 0.05) is 11.8 Å². The van der Waals surface area contributed by atoms with Gasteiger partial charge < -0.3 is 0 Å². The van der Waals surface area contributed by atoms with Gasteiger partial charge in [-0.05, 0) is 0 Å². The van der Waals surface area contributed by atoms with E-state index in [1.807, 2.05) is 0 Å². The fraction of sp³-hybridized carbons (Fsp3) is 1.00. The molecule has 6 heteroatoms. The van der Waals surface area contributed by atoms with Crippen molar-refractivity contribution < 1.29 is 0 Å². The van der Waals surface area contributed by atoms with E-state index in [1.54, 1.807) is 0 Å². The Morgan fingerprint density at radius 3 is 1.00 bits per heavy atom. The number of rotatable bonds is 1. The van der Waals surface area contributed by atoms with Crippen LogP contribution in [-0.2, 0) is 0 Å². The minimum atomic E-state index is -0.750. The summed E-state index contributed by atoms with van der Waals surface area (Å²) in [5.74, 6) is 1.11. The van der Waals surface area contributed by atoms with Crippen molar-refractivity contribution in [2.75, 3.05) is 11.8 Å². The number of halogens is 5. The highest BCUT2D eigenvalue weighted by molar-refractivity contribution is 7.54. The minimum Gasteiger partial charge on any atom is -0.150 e. The van der Waals surface area contributed by atoms with Crippen molar-refractivity contribution in [2.24, 2.45) is 0 Å². The van der Waals surface area contributed by atoms with E-state index in [4.69, 9.17) is 57.6 Å². The smallest absolute Gasteiger partial charge is 0.150 e. The second-order valence-corrected chi connectivity index (χ2v) is 3.36. The Morgan fingerprint density at radius 2 is 1.00 bits per heavy atom. The maximum atomic E-state index is 5.05. The van der Waals surface area contributed by atoms with E-state index >= 15 is 0 Å². The van der Waals surface area contributed by atoms with Crippen LogP contribution in [0.1, 0.15) is 0 Å². The molecule has 0 aromatic rings. The predicted molar refractivity (Wildman–Crippen MR) is 44.8 cm³/mol. The molecule has 0 atom stereocenters. The molecule has 0 bridgehead atoms. The van der Waals surface area contributed by atoms with Crippen molar-refractivity contribution in [1.82, 2.24) is 0 Å². The number of alkyl halides is 2. The van der Waals surface area contributed by atoms with Crippen LogP contribution in [0.3, 0.4) is 0 Å². The van der Waals surface area contributed by atoms with E-state index in [0.29, 0.717) is 11.8 Å². The van der Waals surface area contributed by atoms with E-state index < -0.39 is 4.96 Å². The van der Waals surface area contributed by atoms with Crippen molar-refractivity contribution in [3.05, 3.63) is 0 Å². The molecular formula is C2H4BCl5. The molecule has 0 aromatic heterocycles. The highest BCUT2D eigenvalue weighted by atomic mass is 35.6. The predicted octanol–water partition coefficient (Wildman–Crippen LogP) is 3.15. The zero-order valence-corrected chi connectivity index (χ0v) is 7.66. The Balaban J connectivity index is 0. The standard InChI is InChI=1S/C2H4Cl2.BCl3/c3-1-2-4;2-1(3)4/h1-2H2;. The maximum absolute atomic E-state index is 5.05. The van der Waals surface area contributed by atoms with E-state index in [9.17, 15) is 0 Å². The Kier molecular flexibility index (Phi) is 17.3. The molecule has 0 nitrogen and oxygen atoms in total. The molecule has 0 aliphatic carbocycles. The third kappa shape index (κ3) is 50.4. The van der Waals surface area contributed by atoms with Crippen LogP contribution in [0.5, 0.6) is 0 Å². The molecule has 0 aliphatic rings. The van der Waals surface area contributed by atoms with Crippen LogP contribution < -0.4 is 0 Å². The topological polar surface area (TPSA) is 0 Å². The molecule has 50 valence electrons. The summed E-state index contributed by atoms with van der Waals surface area (Å²) in [7, 11) is 0. The molecule has 0 heterocycles. The summed E-state index contributed by atoms with van der Waals surface area (Å²) < 4.78 is 0. The number of hydrogen-bond acceptors (Lipinski definition) is 0. The molecule has 0 amide bonds. The highest BCUT2D eigenvalue weighted by Gasteiger charge is 1.91. The summed E-state index contributed by atoms with van der Waals surface area (Å²) in [6.07, 6.45) is 0. The van der Waals surface area contributed by atoms with Gasteiger partial charge in [-0.3, -0.25) is 0 Å². The summed E-state index contributed by atoms with van der Waals surface area (Å²) in [6.45, 7) is 0. The molecule has 0 aromatic carbocycles. The normalized spacial score (nSPS) is 7.12. The lowest BCUT2D eigenvalue weighted by Crippen LogP contribution is -1.66. The molecule has 0 aliphatic heterocycles. The Labute approximate surface area is 74.2 Å². The second kappa shape index (κ2) is 11.3. The van der Waals surface area contributed by atoms with Crippen molar-refractivity contribution in [1.29, 1.82) is 0 Å². The van der Waals surface area contributed by atoms with Crippen LogP contribution in [0.4, 0.5) is 0 Å². The first kappa shape index (κ1) is 12.2. The summed E-state index contributed by atoms with van der Waals surface area (Å²) in [5, 5.41) is 0. The third-order valence-electron chi connectivity index (χ3n) is 0.0714. The Morgan fingerprint density at radius 1 is 0.875 bits per heavy atom. The van der Waals surface area contributed by atoms with Crippen molar-refractivity contribution in [2.45, 2.75) is 0 Å². The quantitative estimate of drug-likeness (QED) is 0.466. The van der Waals surface area contributed by atoms with Gasteiger partial charge in [-0.15, -0.1) is 23.2 Å². The highest BCUT2D eigenvalue weighted by Crippen LogP contribution is 1.97. The van der Waals surface area contributed by atoms with Crippen LogP contribution >= 0.6 is 57.6 Å². The third-order valence-corrected chi connectivity index (χ3v) is 0.643. The first-order valence-corrected chi connectivity index (χ1v) is 4.07. The molecule has 0 N–H and O–H groups in total. The van der Waals surface area contributed by atoms with Gasteiger partial charge in [0.2, 0.25) is 0 Å². The molecule has 0 rings (SSSR count). The SMILES string of the molecule is ClB(Cl)Cl.ClCCCl. The van der Waals surface area contributed by atoms with E-state index in [1.165, 1.54) is 0 Å². The van der Waals surface area contributed by atoms with Crippen molar-refractivity contribution in [3.8, 4) is 0 Å². The fourth-order valence-corrected chi connectivity index (χ4v) is 0. The van der Waals surface area contributed by atoms with Gasteiger partial charge in [-0.1, -0.05) is 0 Å². The van der Waals surface area contributed by atoms with Crippen molar-refractivity contribution >= 4 is 62.5 Å². The van der Waals surface area contributed by atoms with Gasteiger partial charge in [0.1, 0.15) is 0 Å². The average molecular weight is 216 g/mol. The average Bonchev–Trinajstić information content (AvgIpc) is 1.65. The van der Waals surface area contributed by atoms with Crippen LogP contribution in [0, 0.1) is 0 Å². The first-order valence-electron chi connectivity index (χ1n) is 1.69. The molecular weight excluding hydrogens is 212 g/mol. The zero-order valence-electron chi connectivity index (χ0n) is 3.88. The first-order chi connectivity index (χ1) is 3.65. The zero-order chi connectivity index (χ0) is 6.99. The van der Waals surface area contributed by atoms with Gasteiger partial charge in [0.25, 0.3) is 0 Å². The van der Waals surface area contributed by atoms with Gasteiger partial charge in [-0.2, -0.15) is 34.4 Å². The molecule has 0 saturated heterocycles. The summed E-state index contributed by atoms with van der Waals surface area (Å²) >= 11 is 24.5. The summed E-state index contributed by atoms with van der Waals surface area (Å²) in [5.41, 5.74) is 0. The minimum absolute atomic E-state index is 0.557. The van der Waals surface area contributed by atoms with Gasteiger partial charge >= 0.3 is 4.96 Å². The lowest BCUT2D eigenvalue weighted by atomic mass is 10.7. The van der Waals surface area contributed by atoms with Gasteiger partial charge in [0.15, 0.2) is 0 Å². The molecule has 0 saturated carbocycles. The summed E-state index contributed by atoms with van der Waals surface area (Å²) in [4.78, 5) is -0.750. The molecule has 0 radical (unpaired) electrons. The molecule has 8 heavy (non-hydrogen) atoms. The lowest BCUT2D eigenvalue weighted by Gasteiger charge is -1.63. The second-order valence-electron chi connectivity index (χ2n) is 0.625. The van der Waals surface area contributed by atoms with Crippen molar-refractivity contribution in [3.63, 3.8) is 0 Å².